The molecule has 0 heterocycles. The number of hydrogen-bond donors (Lipinski definition) is 1. The molecule has 0 spiro atoms. The molecule has 0 radical (unpaired) electrons. The van der Waals surface area contributed by atoms with Crippen LogP contribution in [0, 0.1) is 5.92 Å². The molecule has 1 fully saturated rings. The summed E-state index contributed by atoms with van der Waals surface area (Å²) in [6.07, 6.45) is 3.80. The maximum absolute atomic E-state index is 5.53. The fourth-order valence-electron chi connectivity index (χ4n) is 3.17. The molecule has 0 aliphatic heterocycles. The molecule has 100 valence electrons. The lowest BCUT2D eigenvalue weighted by Crippen LogP contribution is -2.21. The molecular weight excluding hydrogens is 226 g/mol. The smallest absolute Gasteiger partial charge is 0.126 e. The SMILES string of the molecule is CNCC1CCCC1c1c(OC)cccc1OC. The lowest BCUT2D eigenvalue weighted by Gasteiger charge is -2.23. The summed E-state index contributed by atoms with van der Waals surface area (Å²) in [5.41, 5.74) is 1.25. The van der Waals surface area contributed by atoms with Gasteiger partial charge in [0, 0.05) is 5.56 Å². The van der Waals surface area contributed by atoms with E-state index >= 15 is 0 Å². The van der Waals surface area contributed by atoms with Crippen LogP contribution in [0.4, 0.5) is 0 Å². The molecular formula is C15H23NO2. The largest absolute Gasteiger partial charge is 0.496 e. The van der Waals surface area contributed by atoms with Gasteiger partial charge in [-0.1, -0.05) is 12.5 Å². The molecule has 1 aromatic rings. The van der Waals surface area contributed by atoms with Crippen molar-refractivity contribution in [1.82, 2.24) is 5.32 Å². The summed E-state index contributed by atoms with van der Waals surface area (Å²) in [4.78, 5) is 0. The van der Waals surface area contributed by atoms with Crippen LogP contribution in [0.15, 0.2) is 18.2 Å². The van der Waals surface area contributed by atoms with Gasteiger partial charge >= 0.3 is 0 Å². The van der Waals surface area contributed by atoms with E-state index in [-0.39, 0.29) is 0 Å². The van der Waals surface area contributed by atoms with Gasteiger partial charge in [-0.25, -0.2) is 0 Å². The fourth-order valence-corrected chi connectivity index (χ4v) is 3.17. The highest BCUT2D eigenvalue weighted by molar-refractivity contribution is 5.48. The molecule has 0 saturated heterocycles. The van der Waals surface area contributed by atoms with E-state index in [2.05, 4.69) is 5.32 Å². The van der Waals surface area contributed by atoms with Crippen molar-refractivity contribution in [2.45, 2.75) is 25.2 Å². The van der Waals surface area contributed by atoms with E-state index in [4.69, 9.17) is 9.47 Å². The molecule has 0 aromatic heterocycles. The Balaban J connectivity index is 2.35. The van der Waals surface area contributed by atoms with Crippen LogP contribution in [0.1, 0.15) is 30.7 Å². The highest BCUT2D eigenvalue weighted by Gasteiger charge is 2.32. The van der Waals surface area contributed by atoms with Crippen LogP contribution in [-0.2, 0) is 0 Å². The van der Waals surface area contributed by atoms with Crippen molar-refractivity contribution in [3.05, 3.63) is 23.8 Å². The Morgan fingerprint density at radius 2 is 1.83 bits per heavy atom. The van der Waals surface area contributed by atoms with Gasteiger partial charge in [0.05, 0.1) is 14.2 Å². The van der Waals surface area contributed by atoms with Crippen LogP contribution in [0.25, 0.3) is 0 Å². The van der Waals surface area contributed by atoms with Gasteiger partial charge in [0.15, 0.2) is 0 Å². The summed E-state index contributed by atoms with van der Waals surface area (Å²) in [7, 11) is 5.50. The van der Waals surface area contributed by atoms with Crippen molar-refractivity contribution in [2.24, 2.45) is 5.92 Å². The summed E-state index contributed by atoms with van der Waals surface area (Å²) in [5, 5.41) is 3.30. The van der Waals surface area contributed by atoms with E-state index in [1.807, 2.05) is 25.2 Å². The molecule has 0 bridgehead atoms. The number of benzene rings is 1. The average molecular weight is 249 g/mol. The summed E-state index contributed by atoms with van der Waals surface area (Å²) >= 11 is 0. The minimum absolute atomic E-state index is 0.545. The quantitative estimate of drug-likeness (QED) is 0.870. The Morgan fingerprint density at radius 1 is 1.17 bits per heavy atom. The zero-order valence-corrected chi connectivity index (χ0v) is 11.5. The number of rotatable bonds is 5. The maximum atomic E-state index is 5.53. The first-order valence-corrected chi connectivity index (χ1v) is 6.67. The normalized spacial score (nSPS) is 23.1. The van der Waals surface area contributed by atoms with E-state index in [1.165, 1.54) is 24.8 Å². The Morgan fingerprint density at radius 3 is 2.39 bits per heavy atom. The van der Waals surface area contributed by atoms with Gasteiger partial charge in [-0.05, 0) is 50.4 Å². The van der Waals surface area contributed by atoms with E-state index in [0.29, 0.717) is 11.8 Å². The van der Waals surface area contributed by atoms with Gasteiger partial charge < -0.3 is 14.8 Å². The molecule has 3 nitrogen and oxygen atoms in total. The maximum Gasteiger partial charge on any atom is 0.126 e. The van der Waals surface area contributed by atoms with Crippen molar-refractivity contribution in [1.29, 1.82) is 0 Å². The summed E-state index contributed by atoms with van der Waals surface area (Å²) in [6.45, 7) is 1.06. The third-order valence-corrected chi connectivity index (χ3v) is 3.96. The highest BCUT2D eigenvalue weighted by atomic mass is 16.5. The third kappa shape index (κ3) is 2.46. The van der Waals surface area contributed by atoms with Crippen molar-refractivity contribution >= 4 is 0 Å². The molecule has 1 aromatic carbocycles. The van der Waals surface area contributed by atoms with Crippen LogP contribution in [0.5, 0.6) is 11.5 Å². The first-order valence-electron chi connectivity index (χ1n) is 6.67. The second-order valence-corrected chi connectivity index (χ2v) is 4.93. The van der Waals surface area contributed by atoms with Crippen LogP contribution in [0.3, 0.4) is 0 Å². The van der Waals surface area contributed by atoms with Crippen LogP contribution < -0.4 is 14.8 Å². The molecule has 3 heteroatoms. The predicted octanol–water partition coefficient (Wildman–Crippen LogP) is 2.81. The molecule has 1 aliphatic rings. The molecule has 0 amide bonds. The summed E-state index contributed by atoms with van der Waals surface area (Å²) < 4.78 is 11.1. The predicted molar refractivity (Wildman–Crippen MR) is 73.6 cm³/mol. The Hall–Kier alpha value is -1.22. The van der Waals surface area contributed by atoms with Crippen LogP contribution in [-0.4, -0.2) is 27.8 Å². The number of hydrogen-bond acceptors (Lipinski definition) is 3. The molecule has 18 heavy (non-hydrogen) atoms. The Labute approximate surface area is 109 Å². The minimum atomic E-state index is 0.545. The van der Waals surface area contributed by atoms with Crippen molar-refractivity contribution in [3.63, 3.8) is 0 Å². The van der Waals surface area contributed by atoms with Crippen molar-refractivity contribution in [2.75, 3.05) is 27.8 Å². The molecule has 2 unspecified atom stereocenters. The number of ether oxygens (including phenoxy) is 2. The standard InChI is InChI=1S/C15H23NO2/c1-16-10-11-6-4-7-12(11)15-13(17-2)8-5-9-14(15)18-3/h5,8-9,11-12,16H,4,6-7,10H2,1-3H3. The fraction of sp³-hybridized carbons (Fsp3) is 0.600. The van der Waals surface area contributed by atoms with Gasteiger partial charge in [0.2, 0.25) is 0 Å². The number of nitrogens with one attached hydrogen (secondary N) is 1. The monoisotopic (exact) mass is 249 g/mol. The minimum Gasteiger partial charge on any atom is -0.496 e. The third-order valence-electron chi connectivity index (χ3n) is 3.96. The molecule has 1 saturated carbocycles. The zero-order valence-electron chi connectivity index (χ0n) is 11.5. The lowest BCUT2D eigenvalue weighted by molar-refractivity contribution is 0.364. The van der Waals surface area contributed by atoms with Gasteiger partial charge in [0.1, 0.15) is 11.5 Å². The second-order valence-electron chi connectivity index (χ2n) is 4.93. The van der Waals surface area contributed by atoms with Crippen LogP contribution >= 0.6 is 0 Å². The summed E-state index contributed by atoms with van der Waals surface area (Å²) in [6, 6.07) is 6.06. The van der Waals surface area contributed by atoms with E-state index < -0.39 is 0 Å². The first-order chi connectivity index (χ1) is 8.81. The topological polar surface area (TPSA) is 30.5 Å². The highest BCUT2D eigenvalue weighted by Crippen LogP contribution is 2.46. The van der Waals surface area contributed by atoms with Gasteiger partial charge in [-0.3, -0.25) is 0 Å². The van der Waals surface area contributed by atoms with E-state index in [9.17, 15) is 0 Å². The lowest BCUT2D eigenvalue weighted by atomic mass is 9.87. The molecule has 2 rings (SSSR count). The molecule has 2 atom stereocenters. The van der Waals surface area contributed by atoms with E-state index in [0.717, 1.165) is 18.0 Å². The second kappa shape index (κ2) is 6.10. The Kier molecular flexibility index (Phi) is 4.48. The zero-order chi connectivity index (χ0) is 13.0. The van der Waals surface area contributed by atoms with Gasteiger partial charge in [0.25, 0.3) is 0 Å². The van der Waals surface area contributed by atoms with E-state index in [1.54, 1.807) is 14.2 Å². The summed E-state index contributed by atoms with van der Waals surface area (Å²) in [5.74, 6) is 3.15. The average Bonchev–Trinajstić information content (AvgIpc) is 2.86. The number of methoxy groups -OCH3 is 2. The first kappa shape index (κ1) is 13.2. The van der Waals surface area contributed by atoms with Crippen LogP contribution in [0.2, 0.25) is 0 Å². The molecule has 1 aliphatic carbocycles. The Bertz CT molecular complexity index is 370. The van der Waals surface area contributed by atoms with Gasteiger partial charge in [-0.15, -0.1) is 0 Å². The van der Waals surface area contributed by atoms with Crippen molar-refractivity contribution < 1.29 is 9.47 Å². The molecule has 1 N–H and O–H groups in total. The van der Waals surface area contributed by atoms with Crippen molar-refractivity contribution in [3.8, 4) is 11.5 Å². The van der Waals surface area contributed by atoms with Gasteiger partial charge in [-0.2, -0.15) is 0 Å².